The maximum Gasteiger partial charge on any atom is 0.146 e. The summed E-state index contributed by atoms with van der Waals surface area (Å²) < 4.78 is 3.55. The Morgan fingerprint density at radius 3 is 3.03 bits per heavy atom. The maximum absolute atomic E-state index is 11.2. The van der Waals surface area contributed by atoms with E-state index in [1.807, 2.05) is 17.7 Å². The summed E-state index contributed by atoms with van der Waals surface area (Å²) in [5.74, 6) is 1.04. The molecule has 0 N–H and O–H groups in total. The average Bonchev–Trinajstić information content (AvgIpc) is 3.37. The Kier molecular flexibility index (Phi) is 6.38. The molecule has 30 heavy (non-hydrogen) atoms. The monoisotopic (exact) mass is 417 g/mol. The van der Waals surface area contributed by atoms with Gasteiger partial charge in [-0.3, -0.25) is 4.79 Å². The van der Waals surface area contributed by atoms with Gasteiger partial charge in [0, 0.05) is 12.1 Å². The summed E-state index contributed by atoms with van der Waals surface area (Å²) in [6.07, 6.45) is 14.2. The summed E-state index contributed by atoms with van der Waals surface area (Å²) >= 11 is 1.67. The zero-order valence-corrected chi connectivity index (χ0v) is 18.4. The summed E-state index contributed by atoms with van der Waals surface area (Å²) in [4.78, 5) is 20.7. The number of thiazole rings is 1. The Morgan fingerprint density at radius 1 is 1.30 bits per heavy atom. The van der Waals surface area contributed by atoms with Crippen LogP contribution in [0.25, 0.3) is 27.0 Å². The van der Waals surface area contributed by atoms with E-state index in [9.17, 15) is 4.79 Å². The molecule has 2 heterocycles. The number of hydrogen-bond donors (Lipinski definition) is 0. The number of carbonyl (C=O) groups is 1. The first-order valence-corrected chi connectivity index (χ1v) is 11.5. The molecule has 0 unspecified atom stereocenters. The van der Waals surface area contributed by atoms with Crippen molar-refractivity contribution in [3.05, 3.63) is 65.1 Å². The van der Waals surface area contributed by atoms with Gasteiger partial charge in [-0.15, -0.1) is 11.3 Å². The molecule has 0 atom stereocenters. The highest BCUT2D eigenvalue weighted by Crippen LogP contribution is 2.34. The number of allylic oxidation sites excluding steroid dienone is 6. The molecule has 0 aliphatic heterocycles. The molecule has 3 aromatic rings. The largest absolute Gasteiger partial charge is 0.328 e. The second kappa shape index (κ2) is 9.35. The van der Waals surface area contributed by atoms with Crippen LogP contribution in [0, 0.1) is 6.92 Å². The normalized spacial score (nSPS) is 19.3. The van der Waals surface area contributed by atoms with E-state index in [-0.39, 0.29) is 0 Å². The Hall–Kier alpha value is -2.79. The molecule has 2 aromatic heterocycles. The molecule has 0 radical (unpaired) electrons. The van der Waals surface area contributed by atoms with Crippen molar-refractivity contribution in [1.82, 2.24) is 14.5 Å². The first-order chi connectivity index (χ1) is 14.7. The molecule has 4 nitrogen and oxygen atoms in total. The predicted molar refractivity (Wildman–Crippen MR) is 126 cm³/mol. The molecule has 154 valence electrons. The summed E-state index contributed by atoms with van der Waals surface area (Å²) in [6, 6.07) is 6.50. The van der Waals surface area contributed by atoms with Gasteiger partial charge in [-0.1, -0.05) is 43.7 Å². The van der Waals surface area contributed by atoms with Crippen molar-refractivity contribution in [3.8, 4) is 11.3 Å². The van der Waals surface area contributed by atoms with Crippen LogP contribution < -0.4 is 0 Å². The molecule has 0 bridgehead atoms. The molecule has 0 saturated carbocycles. The second-order valence-corrected chi connectivity index (χ2v) is 8.55. The van der Waals surface area contributed by atoms with Crippen molar-refractivity contribution >= 4 is 33.4 Å². The highest BCUT2D eigenvalue weighted by atomic mass is 32.1. The minimum atomic E-state index is 0.816. The molecule has 4 rings (SSSR count). The van der Waals surface area contributed by atoms with Gasteiger partial charge >= 0.3 is 0 Å². The van der Waals surface area contributed by atoms with Crippen molar-refractivity contribution in [3.63, 3.8) is 0 Å². The first-order valence-electron chi connectivity index (χ1n) is 10.6. The van der Waals surface area contributed by atoms with Crippen LogP contribution >= 0.6 is 11.3 Å². The van der Waals surface area contributed by atoms with E-state index in [0.717, 1.165) is 73.1 Å². The number of imidazole rings is 1. The van der Waals surface area contributed by atoms with Crippen molar-refractivity contribution < 1.29 is 4.79 Å². The standard InChI is InChI=1S/C25H27N3OS/c1-3-4-14-28-18(2)27-24(20-10-6-5-8-19(16-29)9-7-11-20)25(28)21-12-13-22-23(15-21)30-17-26-22/h7,9-13,15-17H,3-6,8,14H2,1-2H3/b11-7-,19-9-,20-10-. The zero-order chi connectivity index (χ0) is 20.9. The van der Waals surface area contributed by atoms with Gasteiger partial charge in [-0.05, 0) is 55.9 Å². The first kappa shape index (κ1) is 20.5. The number of fused-ring (bicyclic) bond motifs is 1. The lowest BCUT2D eigenvalue weighted by atomic mass is 10.0. The van der Waals surface area contributed by atoms with Crippen LogP contribution in [0.2, 0.25) is 0 Å². The number of hydrogen-bond acceptors (Lipinski definition) is 4. The van der Waals surface area contributed by atoms with Crippen LogP contribution in [-0.4, -0.2) is 20.8 Å². The van der Waals surface area contributed by atoms with Crippen LogP contribution in [-0.2, 0) is 11.3 Å². The van der Waals surface area contributed by atoms with E-state index in [1.54, 1.807) is 11.3 Å². The molecular formula is C25H27N3OS. The number of aromatic nitrogens is 3. The fraction of sp³-hybridized carbons (Fsp3) is 0.320. The molecule has 0 saturated heterocycles. The van der Waals surface area contributed by atoms with Crippen molar-refractivity contribution in [2.24, 2.45) is 0 Å². The second-order valence-electron chi connectivity index (χ2n) is 7.67. The van der Waals surface area contributed by atoms with Gasteiger partial charge < -0.3 is 4.57 Å². The number of rotatable bonds is 6. The van der Waals surface area contributed by atoms with E-state index in [2.05, 4.69) is 53.7 Å². The third kappa shape index (κ3) is 4.21. The third-order valence-electron chi connectivity index (χ3n) is 5.54. The molecule has 5 heteroatoms. The van der Waals surface area contributed by atoms with Crippen LogP contribution in [0.15, 0.2) is 53.6 Å². The lowest BCUT2D eigenvalue weighted by Gasteiger charge is -2.12. The zero-order valence-electron chi connectivity index (χ0n) is 17.6. The van der Waals surface area contributed by atoms with E-state index in [0.29, 0.717) is 0 Å². The van der Waals surface area contributed by atoms with Gasteiger partial charge in [0.05, 0.1) is 27.1 Å². The molecule has 0 amide bonds. The van der Waals surface area contributed by atoms with Crippen molar-refractivity contribution in [2.45, 2.75) is 52.5 Å². The third-order valence-corrected chi connectivity index (χ3v) is 6.33. The highest BCUT2D eigenvalue weighted by Gasteiger charge is 2.19. The Morgan fingerprint density at radius 2 is 2.20 bits per heavy atom. The van der Waals surface area contributed by atoms with Crippen LogP contribution in [0.4, 0.5) is 0 Å². The van der Waals surface area contributed by atoms with E-state index >= 15 is 0 Å². The lowest BCUT2D eigenvalue weighted by Crippen LogP contribution is -2.03. The minimum absolute atomic E-state index is 0.816. The van der Waals surface area contributed by atoms with Crippen LogP contribution in [0.1, 0.15) is 50.5 Å². The van der Waals surface area contributed by atoms with Gasteiger partial charge in [0.25, 0.3) is 0 Å². The Balaban J connectivity index is 1.85. The fourth-order valence-electron chi connectivity index (χ4n) is 3.92. The van der Waals surface area contributed by atoms with E-state index in [4.69, 9.17) is 4.98 Å². The predicted octanol–water partition coefficient (Wildman–Crippen LogP) is 6.52. The Bertz CT molecular complexity index is 1150. The highest BCUT2D eigenvalue weighted by molar-refractivity contribution is 7.16. The number of carbonyl (C=O) groups excluding carboxylic acids is 1. The molecular weight excluding hydrogens is 390 g/mol. The maximum atomic E-state index is 11.2. The van der Waals surface area contributed by atoms with Crippen LogP contribution in [0.5, 0.6) is 0 Å². The molecule has 0 fully saturated rings. The van der Waals surface area contributed by atoms with Gasteiger partial charge in [-0.2, -0.15) is 0 Å². The summed E-state index contributed by atoms with van der Waals surface area (Å²) in [5, 5.41) is 0. The van der Waals surface area contributed by atoms with E-state index in [1.165, 1.54) is 16.0 Å². The number of benzene rings is 1. The molecule has 0 spiro atoms. The average molecular weight is 418 g/mol. The Labute approximate surface area is 181 Å². The minimum Gasteiger partial charge on any atom is -0.328 e. The number of aryl methyl sites for hydroxylation is 1. The molecule has 1 aliphatic rings. The summed E-state index contributed by atoms with van der Waals surface area (Å²) in [7, 11) is 0. The topological polar surface area (TPSA) is 47.8 Å². The van der Waals surface area contributed by atoms with Gasteiger partial charge in [0.1, 0.15) is 12.1 Å². The quantitative estimate of drug-likeness (QED) is 0.429. The lowest BCUT2D eigenvalue weighted by molar-refractivity contribution is -0.105. The fourth-order valence-corrected chi connectivity index (χ4v) is 4.63. The SMILES string of the molecule is CCCCn1c(C)nc(C2=C\CCC/C(C=O)=C/C=C\2)c1-c1ccc2ncsc2c1. The number of unbranched alkanes of at least 4 members (excludes halogenated alkanes) is 1. The van der Waals surface area contributed by atoms with Crippen LogP contribution in [0.3, 0.4) is 0 Å². The molecule has 1 aromatic carbocycles. The number of aldehydes is 1. The van der Waals surface area contributed by atoms with Gasteiger partial charge in [0.2, 0.25) is 0 Å². The van der Waals surface area contributed by atoms with Crippen molar-refractivity contribution in [1.29, 1.82) is 0 Å². The van der Waals surface area contributed by atoms with E-state index < -0.39 is 0 Å². The van der Waals surface area contributed by atoms with Gasteiger partial charge in [-0.25, -0.2) is 9.97 Å². The molecule has 1 aliphatic carbocycles. The van der Waals surface area contributed by atoms with Crippen molar-refractivity contribution in [2.75, 3.05) is 0 Å². The smallest absolute Gasteiger partial charge is 0.146 e. The van der Waals surface area contributed by atoms with Gasteiger partial charge in [0.15, 0.2) is 0 Å². The summed E-state index contributed by atoms with van der Waals surface area (Å²) in [6.45, 7) is 5.27. The summed E-state index contributed by atoms with van der Waals surface area (Å²) in [5.41, 5.74) is 8.27. The number of nitrogens with zero attached hydrogens (tertiary/aromatic N) is 3.